The lowest BCUT2D eigenvalue weighted by Crippen LogP contribution is -2.25. The van der Waals surface area contributed by atoms with Crippen LogP contribution in [0, 0.1) is 0 Å². The summed E-state index contributed by atoms with van der Waals surface area (Å²) >= 11 is 5.61. The number of hydrogen-bond donors (Lipinski definition) is 0. The Morgan fingerprint density at radius 3 is 2.76 bits per heavy atom. The minimum absolute atomic E-state index is 0.214. The summed E-state index contributed by atoms with van der Waals surface area (Å²) in [5.74, 6) is 1.44. The highest BCUT2D eigenvalue weighted by Gasteiger charge is 2.32. The number of hydrogen-bond acceptors (Lipinski definition) is 4. The first kappa shape index (κ1) is 15.9. The maximum atomic E-state index is 11.8. The normalized spacial score (nSPS) is 17.9. The molecule has 0 aromatic heterocycles. The number of rotatable bonds is 8. The van der Waals surface area contributed by atoms with Gasteiger partial charge in [-0.2, -0.15) is 0 Å². The van der Waals surface area contributed by atoms with E-state index in [2.05, 4.69) is 0 Å². The molecule has 1 aliphatic rings. The summed E-state index contributed by atoms with van der Waals surface area (Å²) in [7, 11) is 1.59. The van der Waals surface area contributed by atoms with E-state index in [-0.39, 0.29) is 12.2 Å². The third-order valence-corrected chi connectivity index (χ3v) is 3.44. The molecular weight excluding hydrogens is 294 g/mol. The monoisotopic (exact) mass is 313 g/mol. The van der Waals surface area contributed by atoms with Crippen LogP contribution in [0.2, 0.25) is 0 Å². The van der Waals surface area contributed by atoms with Crippen LogP contribution in [-0.4, -0.2) is 44.9 Å². The second-order valence-corrected chi connectivity index (χ2v) is 5.19. The number of amides is 1. The molecule has 0 radical (unpaired) electrons. The van der Waals surface area contributed by atoms with Gasteiger partial charge in [-0.25, -0.2) is 4.79 Å². The Hall–Kier alpha value is -1.46. The van der Waals surface area contributed by atoms with Crippen LogP contribution in [0.4, 0.5) is 10.5 Å². The SMILES string of the molecule is COCC1CN(c2ccc(OCCCCCl)cc2)C(=O)O1. The molecule has 1 saturated heterocycles. The number of halogens is 1. The second-order valence-electron chi connectivity index (χ2n) is 4.81. The van der Waals surface area contributed by atoms with E-state index in [1.54, 1.807) is 12.0 Å². The number of benzene rings is 1. The van der Waals surface area contributed by atoms with Gasteiger partial charge in [-0.05, 0) is 37.1 Å². The summed E-state index contributed by atoms with van der Waals surface area (Å²) < 4.78 is 15.8. The topological polar surface area (TPSA) is 48.0 Å². The maximum absolute atomic E-state index is 11.8. The first-order valence-electron chi connectivity index (χ1n) is 7.00. The van der Waals surface area contributed by atoms with Crippen molar-refractivity contribution in [3.05, 3.63) is 24.3 Å². The molecule has 1 aromatic rings. The third kappa shape index (κ3) is 4.51. The first-order chi connectivity index (χ1) is 10.2. The molecule has 1 atom stereocenters. The van der Waals surface area contributed by atoms with Gasteiger partial charge in [0.15, 0.2) is 0 Å². The van der Waals surface area contributed by atoms with Crippen LogP contribution in [-0.2, 0) is 9.47 Å². The molecule has 2 rings (SSSR count). The van der Waals surface area contributed by atoms with Crippen molar-refractivity contribution in [1.29, 1.82) is 0 Å². The van der Waals surface area contributed by atoms with Crippen LogP contribution < -0.4 is 9.64 Å². The summed E-state index contributed by atoms with van der Waals surface area (Å²) in [6, 6.07) is 7.42. The van der Waals surface area contributed by atoms with Crippen molar-refractivity contribution in [2.45, 2.75) is 18.9 Å². The second kappa shape index (κ2) is 8.10. The summed E-state index contributed by atoms with van der Waals surface area (Å²) in [5.41, 5.74) is 0.798. The first-order valence-corrected chi connectivity index (χ1v) is 7.54. The van der Waals surface area contributed by atoms with Crippen LogP contribution in [0.15, 0.2) is 24.3 Å². The number of carbonyl (C=O) groups is 1. The third-order valence-electron chi connectivity index (χ3n) is 3.17. The van der Waals surface area contributed by atoms with E-state index in [0.717, 1.165) is 24.3 Å². The molecule has 6 heteroatoms. The molecule has 5 nitrogen and oxygen atoms in total. The summed E-state index contributed by atoms with van der Waals surface area (Å²) in [6.07, 6.45) is 1.32. The number of nitrogens with zero attached hydrogens (tertiary/aromatic N) is 1. The van der Waals surface area contributed by atoms with E-state index >= 15 is 0 Å². The lowest BCUT2D eigenvalue weighted by atomic mass is 10.2. The van der Waals surface area contributed by atoms with E-state index in [0.29, 0.717) is 25.6 Å². The Bertz CT molecular complexity index is 451. The number of cyclic esters (lactones) is 1. The molecular formula is C15H20ClNO4. The molecule has 1 amide bonds. The Labute approximate surface area is 129 Å². The van der Waals surface area contributed by atoms with Gasteiger partial charge in [0.25, 0.3) is 0 Å². The largest absolute Gasteiger partial charge is 0.494 e. The number of alkyl halides is 1. The molecule has 116 valence electrons. The lowest BCUT2D eigenvalue weighted by molar-refractivity contribution is 0.0718. The number of anilines is 1. The van der Waals surface area contributed by atoms with Crippen LogP contribution in [0.3, 0.4) is 0 Å². The van der Waals surface area contributed by atoms with Crippen molar-refractivity contribution >= 4 is 23.4 Å². The van der Waals surface area contributed by atoms with E-state index in [9.17, 15) is 4.79 Å². The van der Waals surface area contributed by atoms with Crippen molar-refractivity contribution in [3.8, 4) is 5.75 Å². The number of ether oxygens (including phenoxy) is 3. The fraction of sp³-hybridized carbons (Fsp3) is 0.533. The fourth-order valence-electron chi connectivity index (χ4n) is 2.11. The Morgan fingerprint density at radius 1 is 1.33 bits per heavy atom. The van der Waals surface area contributed by atoms with Gasteiger partial charge in [-0.15, -0.1) is 11.6 Å². The number of unbranched alkanes of at least 4 members (excludes halogenated alkanes) is 1. The molecule has 1 aliphatic heterocycles. The molecule has 0 spiro atoms. The van der Waals surface area contributed by atoms with Crippen molar-refractivity contribution in [2.75, 3.05) is 37.6 Å². The molecule has 0 aliphatic carbocycles. The number of carbonyl (C=O) groups excluding carboxylic acids is 1. The van der Waals surface area contributed by atoms with E-state index in [4.69, 9.17) is 25.8 Å². The quantitative estimate of drug-likeness (QED) is 0.546. The Balaban J connectivity index is 1.88. The Kier molecular flexibility index (Phi) is 6.14. The average Bonchev–Trinajstić information content (AvgIpc) is 2.85. The molecule has 0 saturated carbocycles. The van der Waals surface area contributed by atoms with Crippen molar-refractivity contribution in [3.63, 3.8) is 0 Å². The smallest absolute Gasteiger partial charge is 0.414 e. The van der Waals surface area contributed by atoms with Gasteiger partial charge >= 0.3 is 6.09 Å². The highest BCUT2D eigenvalue weighted by atomic mass is 35.5. The van der Waals surface area contributed by atoms with Crippen LogP contribution >= 0.6 is 11.6 Å². The van der Waals surface area contributed by atoms with Crippen molar-refractivity contribution in [2.24, 2.45) is 0 Å². The maximum Gasteiger partial charge on any atom is 0.414 e. The van der Waals surface area contributed by atoms with Gasteiger partial charge in [0, 0.05) is 18.7 Å². The minimum atomic E-state index is -0.340. The van der Waals surface area contributed by atoms with E-state index in [1.165, 1.54) is 0 Å². The molecule has 21 heavy (non-hydrogen) atoms. The van der Waals surface area contributed by atoms with Gasteiger partial charge in [0.05, 0.1) is 19.8 Å². The molecule has 1 aromatic carbocycles. The van der Waals surface area contributed by atoms with Gasteiger partial charge < -0.3 is 14.2 Å². The predicted molar refractivity (Wildman–Crippen MR) is 81.4 cm³/mol. The van der Waals surface area contributed by atoms with Gasteiger partial charge in [0.1, 0.15) is 11.9 Å². The van der Waals surface area contributed by atoms with E-state index < -0.39 is 0 Å². The standard InChI is InChI=1S/C15H20ClNO4/c1-19-11-14-10-17(15(18)21-14)12-4-6-13(7-5-12)20-9-3-2-8-16/h4-7,14H,2-3,8-11H2,1H3. The molecule has 0 N–H and O–H groups in total. The highest BCUT2D eigenvalue weighted by molar-refractivity contribution is 6.17. The van der Waals surface area contributed by atoms with Crippen molar-refractivity contribution < 1.29 is 19.0 Å². The van der Waals surface area contributed by atoms with Crippen LogP contribution in [0.1, 0.15) is 12.8 Å². The zero-order valence-corrected chi connectivity index (χ0v) is 12.8. The molecule has 1 heterocycles. The fourth-order valence-corrected chi connectivity index (χ4v) is 2.30. The van der Waals surface area contributed by atoms with Crippen molar-refractivity contribution in [1.82, 2.24) is 0 Å². The lowest BCUT2D eigenvalue weighted by Gasteiger charge is -2.13. The van der Waals surface area contributed by atoms with Crippen LogP contribution in [0.5, 0.6) is 5.75 Å². The van der Waals surface area contributed by atoms with Crippen LogP contribution in [0.25, 0.3) is 0 Å². The highest BCUT2D eigenvalue weighted by Crippen LogP contribution is 2.24. The summed E-state index contributed by atoms with van der Waals surface area (Å²) in [6.45, 7) is 1.56. The van der Waals surface area contributed by atoms with Gasteiger partial charge in [0.2, 0.25) is 0 Å². The number of methoxy groups -OCH3 is 1. The zero-order valence-electron chi connectivity index (χ0n) is 12.1. The minimum Gasteiger partial charge on any atom is -0.494 e. The van der Waals surface area contributed by atoms with E-state index in [1.807, 2.05) is 24.3 Å². The summed E-state index contributed by atoms with van der Waals surface area (Å²) in [5, 5.41) is 0. The molecule has 0 bridgehead atoms. The van der Waals surface area contributed by atoms with Gasteiger partial charge in [-0.1, -0.05) is 0 Å². The molecule has 1 fully saturated rings. The zero-order chi connectivity index (χ0) is 15.1. The average molecular weight is 314 g/mol. The Morgan fingerprint density at radius 2 is 2.10 bits per heavy atom. The summed E-state index contributed by atoms with van der Waals surface area (Å²) in [4.78, 5) is 13.4. The predicted octanol–water partition coefficient (Wildman–Crippen LogP) is 3.06. The molecule has 1 unspecified atom stereocenters. The van der Waals surface area contributed by atoms with Gasteiger partial charge in [-0.3, -0.25) is 4.90 Å².